The number of halogens is 1. The predicted octanol–water partition coefficient (Wildman–Crippen LogP) is 0.652. The van der Waals surface area contributed by atoms with E-state index in [-0.39, 0.29) is 5.56 Å². The molecule has 66 valence electrons. The number of nitrogens with zero attached hydrogens (tertiary/aromatic N) is 2. The van der Waals surface area contributed by atoms with E-state index in [1.54, 1.807) is 19.4 Å². The predicted molar refractivity (Wildman–Crippen MR) is 48.1 cm³/mol. The Balaban J connectivity index is 2.85. The second-order valence-corrected chi connectivity index (χ2v) is 3.05. The van der Waals surface area contributed by atoms with Gasteiger partial charge in [-0.1, -0.05) is 0 Å². The highest BCUT2D eigenvalue weighted by atomic mass is 79.9. The van der Waals surface area contributed by atoms with Gasteiger partial charge in [0.15, 0.2) is 0 Å². The van der Waals surface area contributed by atoms with Gasteiger partial charge in [0, 0.05) is 13.3 Å². The van der Waals surface area contributed by atoms with Crippen LogP contribution in [0.1, 0.15) is 0 Å². The van der Waals surface area contributed by atoms with Crippen molar-refractivity contribution in [2.24, 2.45) is 0 Å². The van der Waals surface area contributed by atoms with Gasteiger partial charge in [0.05, 0.1) is 17.6 Å². The van der Waals surface area contributed by atoms with E-state index in [9.17, 15) is 4.79 Å². The summed E-state index contributed by atoms with van der Waals surface area (Å²) in [5.41, 5.74) is -0.130. The topological polar surface area (TPSA) is 44.1 Å². The summed E-state index contributed by atoms with van der Waals surface area (Å²) in [5.74, 6) is 0. The Labute approximate surface area is 78.3 Å². The van der Waals surface area contributed by atoms with Crippen molar-refractivity contribution in [1.82, 2.24) is 9.78 Å². The Morgan fingerprint density at radius 1 is 1.75 bits per heavy atom. The average Bonchev–Trinajstić information content (AvgIpc) is 2.08. The van der Waals surface area contributed by atoms with Crippen LogP contribution in [0.2, 0.25) is 0 Å². The lowest BCUT2D eigenvalue weighted by Gasteiger charge is -2.02. The molecule has 0 aliphatic carbocycles. The molecule has 1 heterocycles. The number of ether oxygens (including phenoxy) is 1. The third kappa shape index (κ3) is 2.15. The van der Waals surface area contributed by atoms with Crippen LogP contribution < -0.4 is 5.56 Å². The molecule has 0 atom stereocenters. The standard InChI is InChI=1S/C7H9BrN2O2/c1-12-5-4-10-7(11)6(8)2-3-9-10/h2-3H,4-5H2,1H3. The summed E-state index contributed by atoms with van der Waals surface area (Å²) in [6, 6.07) is 1.62. The maximum Gasteiger partial charge on any atom is 0.281 e. The fraction of sp³-hybridized carbons (Fsp3) is 0.429. The number of methoxy groups -OCH3 is 1. The molecule has 0 radical (unpaired) electrons. The van der Waals surface area contributed by atoms with Crippen molar-refractivity contribution < 1.29 is 4.74 Å². The smallest absolute Gasteiger partial charge is 0.281 e. The SMILES string of the molecule is COCCn1nccc(Br)c1=O. The molecule has 5 heteroatoms. The summed E-state index contributed by atoms with van der Waals surface area (Å²) >= 11 is 3.12. The van der Waals surface area contributed by atoms with Crippen LogP contribution in [0, 0.1) is 0 Å². The summed E-state index contributed by atoms with van der Waals surface area (Å²) < 4.78 is 6.70. The van der Waals surface area contributed by atoms with Crippen molar-refractivity contribution >= 4 is 15.9 Å². The molecule has 4 nitrogen and oxygen atoms in total. The normalized spacial score (nSPS) is 10.2. The van der Waals surface area contributed by atoms with Crippen LogP contribution in [0.4, 0.5) is 0 Å². The quantitative estimate of drug-likeness (QED) is 0.769. The number of aromatic nitrogens is 2. The minimum Gasteiger partial charge on any atom is -0.383 e. The first-order valence-corrected chi connectivity index (χ1v) is 4.25. The van der Waals surface area contributed by atoms with Crippen LogP contribution in [0.5, 0.6) is 0 Å². The van der Waals surface area contributed by atoms with Crippen LogP contribution in [0.25, 0.3) is 0 Å². The fourth-order valence-electron chi connectivity index (χ4n) is 0.763. The van der Waals surface area contributed by atoms with Gasteiger partial charge in [0.25, 0.3) is 5.56 Å². The van der Waals surface area contributed by atoms with Gasteiger partial charge in [-0.25, -0.2) is 4.68 Å². The van der Waals surface area contributed by atoms with Gasteiger partial charge < -0.3 is 4.74 Å². The van der Waals surface area contributed by atoms with Gasteiger partial charge in [-0.05, 0) is 22.0 Å². The molecule has 0 spiro atoms. The zero-order chi connectivity index (χ0) is 8.97. The first-order chi connectivity index (χ1) is 5.75. The Hall–Kier alpha value is -0.680. The van der Waals surface area contributed by atoms with E-state index in [0.717, 1.165) is 0 Å². The third-order valence-corrected chi connectivity index (χ3v) is 1.98. The minimum absolute atomic E-state index is 0.130. The Bertz CT molecular complexity index is 311. The van der Waals surface area contributed by atoms with Gasteiger partial charge in [0.1, 0.15) is 0 Å². The molecule has 0 aromatic carbocycles. The summed E-state index contributed by atoms with van der Waals surface area (Å²) in [7, 11) is 1.59. The van der Waals surface area contributed by atoms with E-state index in [0.29, 0.717) is 17.6 Å². The highest BCUT2D eigenvalue weighted by molar-refractivity contribution is 9.10. The average molecular weight is 233 g/mol. The molecule has 0 saturated carbocycles. The highest BCUT2D eigenvalue weighted by Gasteiger charge is 1.99. The van der Waals surface area contributed by atoms with Crippen molar-refractivity contribution in [2.75, 3.05) is 13.7 Å². The lowest BCUT2D eigenvalue weighted by Crippen LogP contribution is -2.24. The summed E-state index contributed by atoms with van der Waals surface area (Å²) in [6.45, 7) is 0.970. The second kappa shape index (κ2) is 4.37. The Kier molecular flexibility index (Phi) is 3.43. The summed E-state index contributed by atoms with van der Waals surface area (Å²) in [4.78, 5) is 11.3. The molecule has 0 fully saturated rings. The van der Waals surface area contributed by atoms with Crippen molar-refractivity contribution in [3.05, 3.63) is 27.1 Å². The maximum atomic E-state index is 11.3. The lowest BCUT2D eigenvalue weighted by atomic mass is 10.5. The number of rotatable bonds is 3. The van der Waals surface area contributed by atoms with Crippen molar-refractivity contribution in [2.45, 2.75) is 6.54 Å². The molecule has 1 aromatic heterocycles. The van der Waals surface area contributed by atoms with E-state index in [2.05, 4.69) is 21.0 Å². The van der Waals surface area contributed by atoms with Gasteiger partial charge >= 0.3 is 0 Å². The first-order valence-electron chi connectivity index (χ1n) is 3.46. The van der Waals surface area contributed by atoms with Gasteiger partial charge in [-0.3, -0.25) is 4.79 Å². The highest BCUT2D eigenvalue weighted by Crippen LogP contribution is 1.98. The van der Waals surface area contributed by atoms with Crippen LogP contribution in [-0.4, -0.2) is 23.5 Å². The molecule has 0 saturated heterocycles. The van der Waals surface area contributed by atoms with E-state index < -0.39 is 0 Å². The minimum atomic E-state index is -0.130. The largest absolute Gasteiger partial charge is 0.383 e. The molecule has 0 aliphatic heterocycles. The molecule has 0 aliphatic rings. The molecule has 12 heavy (non-hydrogen) atoms. The molecule has 0 bridgehead atoms. The lowest BCUT2D eigenvalue weighted by molar-refractivity contribution is 0.181. The molecular formula is C7H9BrN2O2. The van der Waals surface area contributed by atoms with Gasteiger partial charge in [-0.15, -0.1) is 0 Å². The summed E-state index contributed by atoms with van der Waals surface area (Å²) in [5, 5.41) is 3.87. The molecule has 1 rings (SSSR count). The van der Waals surface area contributed by atoms with E-state index in [4.69, 9.17) is 4.74 Å². The molecule has 0 unspecified atom stereocenters. The van der Waals surface area contributed by atoms with Crippen LogP contribution in [-0.2, 0) is 11.3 Å². The fourth-order valence-corrected chi connectivity index (χ4v) is 1.09. The molecular weight excluding hydrogens is 224 g/mol. The van der Waals surface area contributed by atoms with Gasteiger partial charge in [-0.2, -0.15) is 5.10 Å². The van der Waals surface area contributed by atoms with E-state index >= 15 is 0 Å². The van der Waals surface area contributed by atoms with Crippen molar-refractivity contribution in [3.63, 3.8) is 0 Å². The van der Waals surface area contributed by atoms with Crippen molar-refractivity contribution in [1.29, 1.82) is 0 Å². The number of hydrogen-bond acceptors (Lipinski definition) is 3. The van der Waals surface area contributed by atoms with Crippen LogP contribution in [0.3, 0.4) is 0 Å². The Morgan fingerprint density at radius 2 is 2.50 bits per heavy atom. The van der Waals surface area contributed by atoms with Gasteiger partial charge in [0.2, 0.25) is 0 Å². The Morgan fingerprint density at radius 3 is 3.17 bits per heavy atom. The summed E-state index contributed by atoms with van der Waals surface area (Å²) in [6.07, 6.45) is 1.57. The molecule has 1 aromatic rings. The molecule has 0 amide bonds. The zero-order valence-corrected chi connectivity index (χ0v) is 8.24. The van der Waals surface area contributed by atoms with E-state index in [1.165, 1.54) is 4.68 Å². The monoisotopic (exact) mass is 232 g/mol. The van der Waals surface area contributed by atoms with Crippen LogP contribution in [0.15, 0.2) is 21.5 Å². The maximum absolute atomic E-state index is 11.3. The third-order valence-electron chi connectivity index (χ3n) is 1.37. The van der Waals surface area contributed by atoms with Crippen molar-refractivity contribution in [3.8, 4) is 0 Å². The van der Waals surface area contributed by atoms with E-state index in [1.807, 2.05) is 0 Å². The molecule has 0 N–H and O–H groups in total. The van der Waals surface area contributed by atoms with Crippen LogP contribution >= 0.6 is 15.9 Å². The first kappa shape index (κ1) is 9.41. The zero-order valence-electron chi connectivity index (χ0n) is 6.66. The number of hydrogen-bond donors (Lipinski definition) is 0. The second-order valence-electron chi connectivity index (χ2n) is 2.20.